The molecule has 1 atom stereocenters. The van der Waals surface area contributed by atoms with Crippen molar-refractivity contribution in [1.29, 1.82) is 0 Å². The molecule has 0 radical (unpaired) electrons. The van der Waals surface area contributed by atoms with E-state index < -0.39 is 10.0 Å². The van der Waals surface area contributed by atoms with Crippen molar-refractivity contribution in [3.8, 4) is 5.75 Å². The number of anilines is 1. The molecule has 0 aliphatic carbocycles. The second-order valence-corrected chi connectivity index (χ2v) is 8.88. The fourth-order valence-corrected chi connectivity index (χ4v) is 4.00. The smallest absolute Gasteiger partial charge is 0.258 e. The molecule has 1 N–H and O–H groups in total. The third kappa shape index (κ3) is 6.25. The number of hydrogen-bond donors (Lipinski definition) is 1. The van der Waals surface area contributed by atoms with Crippen LogP contribution in [0.4, 0.5) is 5.69 Å². The van der Waals surface area contributed by atoms with E-state index in [2.05, 4.69) is 21.2 Å². The summed E-state index contributed by atoms with van der Waals surface area (Å²) in [5.74, 6) is 0.256. The number of nitrogens with one attached hydrogen (secondary N) is 1. The second-order valence-electron chi connectivity index (χ2n) is 6.05. The molecule has 0 bridgehead atoms. The molecule has 2 aromatic rings. The van der Waals surface area contributed by atoms with E-state index in [1.54, 1.807) is 31.2 Å². The number of carbonyl (C=O) groups excluding carboxylic acids is 1. The molecule has 2 aromatic carbocycles. The van der Waals surface area contributed by atoms with Crippen LogP contribution in [0, 0.1) is 0 Å². The van der Waals surface area contributed by atoms with Crippen molar-refractivity contribution in [3.05, 3.63) is 58.6 Å². The van der Waals surface area contributed by atoms with Gasteiger partial charge in [-0.25, -0.2) is 8.42 Å². The highest BCUT2D eigenvalue weighted by atomic mass is 79.9. The van der Waals surface area contributed by atoms with Gasteiger partial charge in [-0.05, 0) is 55.8 Å². The molecule has 27 heavy (non-hydrogen) atoms. The molecule has 6 nitrogen and oxygen atoms in total. The Morgan fingerprint density at radius 3 is 2.44 bits per heavy atom. The van der Waals surface area contributed by atoms with E-state index in [0.29, 0.717) is 18.0 Å². The molecule has 0 aliphatic heterocycles. The number of halogens is 1. The Hall–Kier alpha value is -2.06. The number of ether oxygens (including phenoxy) is 1. The van der Waals surface area contributed by atoms with Crippen LogP contribution in [0.25, 0.3) is 0 Å². The summed E-state index contributed by atoms with van der Waals surface area (Å²) in [4.78, 5) is 12.1. The zero-order valence-electron chi connectivity index (χ0n) is 15.5. The van der Waals surface area contributed by atoms with Crippen molar-refractivity contribution < 1.29 is 17.9 Å². The summed E-state index contributed by atoms with van der Waals surface area (Å²) in [6.45, 7) is 3.89. The van der Waals surface area contributed by atoms with Crippen LogP contribution in [-0.2, 0) is 14.8 Å². The normalized spacial score (nSPS) is 12.3. The maximum absolute atomic E-state index is 12.1. The minimum atomic E-state index is -3.32. The van der Waals surface area contributed by atoms with Crippen molar-refractivity contribution in [3.63, 3.8) is 0 Å². The summed E-state index contributed by atoms with van der Waals surface area (Å²) in [5, 5.41) is 2.88. The van der Waals surface area contributed by atoms with Gasteiger partial charge < -0.3 is 10.1 Å². The van der Waals surface area contributed by atoms with E-state index in [-0.39, 0.29) is 18.6 Å². The topological polar surface area (TPSA) is 75.7 Å². The van der Waals surface area contributed by atoms with Crippen molar-refractivity contribution in [2.75, 3.05) is 23.7 Å². The summed E-state index contributed by atoms with van der Waals surface area (Å²) in [6.07, 6.45) is 1.16. The zero-order valence-corrected chi connectivity index (χ0v) is 17.9. The van der Waals surface area contributed by atoms with Crippen molar-refractivity contribution in [2.45, 2.75) is 19.9 Å². The van der Waals surface area contributed by atoms with E-state index in [9.17, 15) is 13.2 Å². The number of hydrogen-bond acceptors (Lipinski definition) is 4. The van der Waals surface area contributed by atoms with Crippen LogP contribution in [0.3, 0.4) is 0 Å². The lowest BCUT2D eigenvalue weighted by atomic mass is 10.1. The average Bonchev–Trinajstić information content (AvgIpc) is 2.60. The summed E-state index contributed by atoms with van der Waals surface area (Å²) in [6, 6.07) is 14.2. The number of sulfonamides is 1. The number of benzene rings is 2. The molecule has 0 fully saturated rings. The van der Waals surface area contributed by atoms with E-state index in [1.807, 2.05) is 31.2 Å². The van der Waals surface area contributed by atoms with Crippen molar-refractivity contribution in [2.24, 2.45) is 0 Å². The van der Waals surface area contributed by atoms with Gasteiger partial charge in [0, 0.05) is 11.0 Å². The van der Waals surface area contributed by atoms with Crippen LogP contribution < -0.4 is 14.4 Å². The van der Waals surface area contributed by atoms with Crippen molar-refractivity contribution >= 4 is 37.5 Å². The monoisotopic (exact) mass is 454 g/mol. The molecule has 0 heterocycles. The van der Waals surface area contributed by atoms with Crippen LogP contribution in [0.5, 0.6) is 5.75 Å². The van der Waals surface area contributed by atoms with E-state index in [4.69, 9.17) is 4.74 Å². The van der Waals surface area contributed by atoms with Gasteiger partial charge in [0.25, 0.3) is 5.91 Å². The lowest BCUT2D eigenvalue weighted by molar-refractivity contribution is -0.123. The van der Waals surface area contributed by atoms with Gasteiger partial charge in [-0.3, -0.25) is 9.10 Å². The number of nitrogens with zero attached hydrogens (tertiary/aromatic N) is 1. The van der Waals surface area contributed by atoms with Gasteiger partial charge in [0.05, 0.1) is 18.0 Å². The first kappa shape index (κ1) is 21.2. The van der Waals surface area contributed by atoms with Gasteiger partial charge in [0.2, 0.25) is 10.0 Å². The predicted molar refractivity (Wildman–Crippen MR) is 111 cm³/mol. The van der Waals surface area contributed by atoms with Gasteiger partial charge in [-0.1, -0.05) is 28.1 Å². The number of amides is 1. The average molecular weight is 455 g/mol. The summed E-state index contributed by atoms with van der Waals surface area (Å²) in [7, 11) is -3.32. The van der Waals surface area contributed by atoms with Crippen LogP contribution >= 0.6 is 15.9 Å². The Kier molecular flexibility index (Phi) is 7.26. The second kappa shape index (κ2) is 9.23. The molecule has 1 amide bonds. The Balaban J connectivity index is 1.91. The Morgan fingerprint density at radius 1 is 1.22 bits per heavy atom. The lowest BCUT2D eigenvalue weighted by Crippen LogP contribution is -2.31. The first-order valence-corrected chi connectivity index (χ1v) is 11.1. The van der Waals surface area contributed by atoms with Crippen LogP contribution in [0.2, 0.25) is 0 Å². The Morgan fingerprint density at radius 2 is 1.89 bits per heavy atom. The largest absolute Gasteiger partial charge is 0.484 e. The molecule has 0 spiro atoms. The molecular formula is C19H23BrN2O4S. The third-order valence-electron chi connectivity index (χ3n) is 3.91. The molecule has 0 saturated carbocycles. The third-order valence-corrected chi connectivity index (χ3v) is 5.67. The van der Waals surface area contributed by atoms with Gasteiger partial charge in [-0.2, -0.15) is 0 Å². The SMILES string of the molecule is CCN(c1ccc(OCC(=O)N[C@H](C)c2cccc(Br)c2)cc1)S(C)(=O)=O. The molecule has 0 saturated heterocycles. The predicted octanol–water partition coefficient (Wildman–Crippen LogP) is 3.49. The fourth-order valence-electron chi connectivity index (χ4n) is 2.61. The molecule has 0 aliphatic rings. The lowest BCUT2D eigenvalue weighted by Gasteiger charge is -2.20. The Labute approximate surface area is 168 Å². The highest BCUT2D eigenvalue weighted by molar-refractivity contribution is 9.10. The van der Waals surface area contributed by atoms with Gasteiger partial charge in [-0.15, -0.1) is 0 Å². The standard InChI is InChI=1S/C19H23BrN2O4S/c1-4-22(27(3,24)25)17-8-10-18(11-9-17)26-13-19(23)21-14(2)15-6-5-7-16(20)12-15/h5-12,14H,4,13H2,1-3H3,(H,21,23)/t14-/m1/s1. The van der Waals surface area contributed by atoms with Gasteiger partial charge in [0.1, 0.15) is 5.75 Å². The highest BCUT2D eigenvalue weighted by Gasteiger charge is 2.15. The van der Waals surface area contributed by atoms with Crippen molar-refractivity contribution in [1.82, 2.24) is 5.32 Å². The van der Waals surface area contributed by atoms with Crippen LogP contribution in [-0.4, -0.2) is 33.7 Å². The minimum absolute atomic E-state index is 0.124. The van der Waals surface area contributed by atoms with Gasteiger partial charge >= 0.3 is 0 Å². The van der Waals surface area contributed by atoms with E-state index in [1.165, 1.54) is 4.31 Å². The first-order valence-electron chi connectivity index (χ1n) is 8.46. The van der Waals surface area contributed by atoms with E-state index >= 15 is 0 Å². The molecule has 0 aromatic heterocycles. The fraction of sp³-hybridized carbons (Fsp3) is 0.316. The van der Waals surface area contributed by atoms with Crippen LogP contribution in [0.15, 0.2) is 53.0 Å². The summed E-state index contributed by atoms with van der Waals surface area (Å²) >= 11 is 3.41. The molecular weight excluding hydrogens is 432 g/mol. The first-order chi connectivity index (χ1) is 12.7. The minimum Gasteiger partial charge on any atom is -0.484 e. The maximum atomic E-state index is 12.1. The zero-order chi connectivity index (χ0) is 20.0. The number of rotatable bonds is 8. The summed E-state index contributed by atoms with van der Waals surface area (Å²) < 4.78 is 31.2. The van der Waals surface area contributed by atoms with E-state index in [0.717, 1.165) is 16.3 Å². The number of carbonyl (C=O) groups is 1. The van der Waals surface area contributed by atoms with Crippen LogP contribution in [0.1, 0.15) is 25.5 Å². The Bertz CT molecular complexity index is 885. The highest BCUT2D eigenvalue weighted by Crippen LogP contribution is 2.21. The van der Waals surface area contributed by atoms with Gasteiger partial charge in [0.15, 0.2) is 6.61 Å². The quantitative estimate of drug-likeness (QED) is 0.661. The maximum Gasteiger partial charge on any atom is 0.258 e. The summed E-state index contributed by atoms with van der Waals surface area (Å²) in [5.41, 5.74) is 1.54. The molecule has 2 rings (SSSR count). The molecule has 8 heteroatoms. The molecule has 0 unspecified atom stereocenters. The molecule has 146 valence electrons.